The summed E-state index contributed by atoms with van der Waals surface area (Å²) in [6, 6.07) is 20.2. The Balaban J connectivity index is 1.46. The van der Waals surface area contributed by atoms with E-state index in [0.29, 0.717) is 11.3 Å². The predicted octanol–water partition coefficient (Wildman–Crippen LogP) is 4.05. The van der Waals surface area contributed by atoms with E-state index in [4.69, 9.17) is 0 Å². The number of amides is 3. The molecule has 0 radical (unpaired) electrons. The molecule has 0 aliphatic heterocycles. The highest BCUT2D eigenvalue weighted by Crippen LogP contribution is 2.22. The zero-order chi connectivity index (χ0) is 23.4. The minimum Gasteiger partial charge on any atom is -0.349 e. The molecule has 1 aliphatic rings. The third-order valence-electron chi connectivity index (χ3n) is 5.84. The van der Waals surface area contributed by atoms with Crippen molar-refractivity contribution in [2.75, 3.05) is 5.32 Å². The number of para-hydroxylation sites is 1. The van der Waals surface area contributed by atoms with Crippen molar-refractivity contribution in [3.05, 3.63) is 77.9 Å². The van der Waals surface area contributed by atoms with Gasteiger partial charge in [0.2, 0.25) is 11.8 Å². The van der Waals surface area contributed by atoms with Gasteiger partial charge in [-0.15, -0.1) is 0 Å². The molecule has 0 unspecified atom stereocenters. The molecular formula is C27H29N3O3. The van der Waals surface area contributed by atoms with Crippen LogP contribution in [0.5, 0.6) is 0 Å². The van der Waals surface area contributed by atoms with Crippen molar-refractivity contribution < 1.29 is 14.4 Å². The number of rotatable bonds is 8. The Bertz CT molecular complexity index is 1180. The van der Waals surface area contributed by atoms with Gasteiger partial charge in [-0.2, -0.15) is 0 Å². The van der Waals surface area contributed by atoms with Gasteiger partial charge in [0.1, 0.15) is 6.04 Å². The molecule has 3 N–H and O–H groups in total. The van der Waals surface area contributed by atoms with E-state index in [1.807, 2.05) is 56.3 Å². The van der Waals surface area contributed by atoms with Gasteiger partial charge in [-0.25, -0.2) is 0 Å². The molecule has 0 heterocycles. The van der Waals surface area contributed by atoms with Crippen LogP contribution in [0.25, 0.3) is 10.8 Å². The van der Waals surface area contributed by atoms with Crippen LogP contribution in [0.15, 0.2) is 66.7 Å². The SMILES string of the molecule is CC(C)[C@H](NC(=O)Cc1cccc2ccccc12)C(=O)Nc1ccccc1C(=O)NC1CC1. The van der Waals surface area contributed by atoms with Crippen LogP contribution in [0.4, 0.5) is 5.69 Å². The normalized spacial score (nSPS) is 14.0. The summed E-state index contributed by atoms with van der Waals surface area (Å²) in [6.07, 6.45) is 2.15. The van der Waals surface area contributed by atoms with Gasteiger partial charge in [-0.05, 0) is 47.2 Å². The molecular weight excluding hydrogens is 414 g/mol. The Morgan fingerprint density at radius 2 is 1.61 bits per heavy atom. The lowest BCUT2D eigenvalue weighted by Gasteiger charge is -2.22. The van der Waals surface area contributed by atoms with Crippen LogP contribution in [0.2, 0.25) is 0 Å². The molecule has 0 bridgehead atoms. The van der Waals surface area contributed by atoms with Crippen LogP contribution in [0.3, 0.4) is 0 Å². The highest BCUT2D eigenvalue weighted by molar-refractivity contribution is 6.05. The standard InChI is InChI=1S/C27H29N3O3/c1-17(2)25(30-24(31)16-19-10-7-9-18-8-3-4-11-21(18)19)27(33)29-23-13-6-5-12-22(23)26(32)28-20-14-15-20/h3-13,17,20,25H,14-16H2,1-2H3,(H,28,32)(H,29,33)(H,30,31)/t25-/m0/s1. The van der Waals surface area contributed by atoms with E-state index in [9.17, 15) is 14.4 Å². The second-order valence-electron chi connectivity index (χ2n) is 8.89. The zero-order valence-electron chi connectivity index (χ0n) is 18.9. The summed E-state index contributed by atoms with van der Waals surface area (Å²) < 4.78 is 0. The monoisotopic (exact) mass is 443 g/mol. The first-order chi connectivity index (χ1) is 15.9. The van der Waals surface area contributed by atoms with E-state index in [1.165, 1.54) is 0 Å². The number of fused-ring (bicyclic) bond motifs is 1. The fourth-order valence-electron chi connectivity index (χ4n) is 3.87. The summed E-state index contributed by atoms with van der Waals surface area (Å²) in [6.45, 7) is 3.77. The smallest absolute Gasteiger partial charge is 0.253 e. The summed E-state index contributed by atoms with van der Waals surface area (Å²) >= 11 is 0. The van der Waals surface area contributed by atoms with Gasteiger partial charge in [-0.3, -0.25) is 14.4 Å². The van der Waals surface area contributed by atoms with E-state index in [1.54, 1.807) is 24.3 Å². The minimum atomic E-state index is -0.730. The topological polar surface area (TPSA) is 87.3 Å². The van der Waals surface area contributed by atoms with E-state index < -0.39 is 6.04 Å². The average molecular weight is 444 g/mol. The van der Waals surface area contributed by atoms with E-state index >= 15 is 0 Å². The van der Waals surface area contributed by atoms with Crippen LogP contribution in [-0.4, -0.2) is 29.8 Å². The molecule has 6 nitrogen and oxygen atoms in total. The van der Waals surface area contributed by atoms with Gasteiger partial charge in [0.05, 0.1) is 17.7 Å². The summed E-state index contributed by atoms with van der Waals surface area (Å²) in [7, 11) is 0. The fourth-order valence-corrected chi connectivity index (χ4v) is 3.87. The van der Waals surface area contributed by atoms with Crippen molar-refractivity contribution in [1.29, 1.82) is 0 Å². The van der Waals surface area contributed by atoms with Crippen molar-refractivity contribution >= 4 is 34.2 Å². The van der Waals surface area contributed by atoms with Crippen molar-refractivity contribution in [3.8, 4) is 0 Å². The highest BCUT2D eigenvalue weighted by atomic mass is 16.2. The summed E-state index contributed by atoms with van der Waals surface area (Å²) in [5.41, 5.74) is 1.77. The molecule has 3 aromatic rings. The molecule has 170 valence electrons. The fraction of sp³-hybridized carbons (Fsp3) is 0.296. The first kappa shape index (κ1) is 22.5. The maximum atomic E-state index is 13.1. The average Bonchev–Trinajstić information content (AvgIpc) is 3.62. The molecule has 1 fully saturated rings. The zero-order valence-corrected chi connectivity index (χ0v) is 18.9. The Morgan fingerprint density at radius 1 is 0.909 bits per heavy atom. The molecule has 0 aromatic heterocycles. The molecule has 1 saturated carbocycles. The molecule has 4 rings (SSSR count). The third-order valence-corrected chi connectivity index (χ3v) is 5.84. The Kier molecular flexibility index (Phi) is 6.73. The van der Waals surface area contributed by atoms with Crippen LogP contribution in [0, 0.1) is 5.92 Å². The number of carbonyl (C=O) groups excluding carboxylic acids is 3. The molecule has 1 atom stereocenters. The lowest BCUT2D eigenvalue weighted by molar-refractivity contribution is -0.127. The molecule has 3 amide bonds. The summed E-state index contributed by atoms with van der Waals surface area (Å²) in [4.78, 5) is 38.5. The van der Waals surface area contributed by atoms with E-state index in [2.05, 4.69) is 16.0 Å². The van der Waals surface area contributed by atoms with Crippen LogP contribution in [-0.2, 0) is 16.0 Å². The molecule has 1 aliphatic carbocycles. The number of benzene rings is 3. The number of hydrogen-bond acceptors (Lipinski definition) is 3. The minimum absolute atomic E-state index is 0.131. The maximum absolute atomic E-state index is 13.1. The van der Waals surface area contributed by atoms with Gasteiger partial charge in [0.15, 0.2) is 0 Å². The van der Waals surface area contributed by atoms with Crippen LogP contribution >= 0.6 is 0 Å². The Hall–Kier alpha value is -3.67. The van der Waals surface area contributed by atoms with Crippen LogP contribution < -0.4 is 16.0 Å². The van der Waals surface area contributed by atoms with Crippen molar-refractivity contribution in [3.63, 3.8) is 0 Å². The quantitative estimate of drug-likeness (QED) is 0.491. The molecule has 33 heavy (non-hydrogen) atoms. The maximum Gasteiger partial charge on any atom is 0.253 e. The summed E-state index contributed by atoms with van der Waals surface area (Å²) in [5, 5.41) is 10.8. The second-order valence-corrected chi connectivity index (χ2v) is 8.89. The third kappa shape index (κ3) is 5.58. The second kappa shape index (κ2) is 9.86. The highest BCUT2D eigenvalue weighted by Gasteiger charge is 2.27. The van der Waals surface area contributed by atoms with Gasteiger partial charge in [-0.1, -0.05) is 68.4 Å². The Morgan fingerprint density at radius 3 is 2.36 bits per heavy atom. The number of carbonyl (C=O) groups is 3. The van der Waals surface area contributed by atoms with Crippen LogP contribution in [0.1, 0.15) is 42.6 Å². The van der Waals surface area contributed by atoms with Crippen molar-refractivity contribution in [2.24, 2.45) is 5.92 Å². The number of nitrogens with one attached hydrogen (secondary N) is 3. The van der Waals surface area contributed by atoms with Gasteiger partial charge >= 0.3 is 0 Å². The van der Waals surface area contributed by atoms with Crippen molar-refractivity contribution in [1.82, 2.24) is 10.6 Å². The van der Waals surface area contributed by atoms with Gasteiger partial charge < -0.3 is 16.0 Å². The van der Waals surface area contributed by atoms with E-state index in [0.717, 1.165) is 29.2 Å². The Labute approximate surface area is 193 Å². The first-order valence-electron chi connectivity index (χ1n) is 11.4. The first-order valence-corrected chi connectivity index (χ1v) is 11.4. The largest absolute Gasteiger partial charge is 0.349 e. The predicted molar refractivity (Wildman–Crippen MR) is 130 cm³/mol. The molecule has 6 heteroatoms. The van der Waals surface area contributed by atoms with Gasteiger partial charge in [0.25, 0.3) is 5.91 Å². The number of hydrogen-bond donors (Lipinski definition) is 3. The van der Waals surface area contributed by atoms with Gasteiger partial charge in [0, 0.05) is 6.04 Å². The lowest BCUT2D eigenvalue weighted by atomic mass is 10.00. The van der Waals surface area contributed by atoms with Crippen molar-refractivity contribution in [2.45, 2.75) is 45.2 Å². The number of anilines is 1. The summed E-state index contributed by atoms with van der Waals surface area (Å²) in [5.74, 6) is -0.897. The van der Waals surface area contributed by atoms with E-state index in [-0.39, 0.29) is 36.1 Å². The molecule has 0 saturated heterocycles. The molecule has 3 aromatic carbocycles. The molecule has 0 spiro atoms. The lowest BCUT2D eigenvalue weighted by Crippen LogP contribution is -2.47.